The van der Waals surface area contributed by atoms with Crippen molar-refractivity contribution in [2.75, 3.05) is 11.4 Å². The number of nitrogens with zero attached hydrogens (tertiary/aromatic N) is 2. The number of amides is 2. The lowest BCUT2D eigenvalue weighted by atomic mass is 10.1. The van der Waals surface area contributed by atoms with Crippen molar-refractivity contribution in [1.29, 1.82) is 5.26 Å². The molecule has 0 aliphatic carbocycles. The number of hydrogen-bond donors (Lipinski definition) is 1. The third-order valence-corrected chi connectivity index (χ3v) is 6.28. The predicted molar refractivity (Wildman–Crippen MR) is 125 cm³/mol. The van der Waals surface area contributed by atoms with Gasteiger partial charge in [-0.05, 0) is 43.0 Å². The van der Waals surface area contributed by atoms with E-state index in [2.05, 4.69) is 24.9 Å². The van der Waals surface area contributed by atoms with Gasteiger partial charge in [0.2, 0.25) is 5.91 Å². The molecule has 1 aliphatic heterocycles. The van der Waals surface area contributed by atoms with E-state index in [1.165, 1.54) is 16.7 Å². The highest BCUT2D eigenvalue weighted by Gasteiger charge is 2.40. The highest BCUT2D eigenvalue weighted by Crippen LogP contribution is 2.42. The summed E-state index contributed by atoms with van der Waals surface area (Å²) in [5.74, 6) is -0.640. The van der Waals surface area contributed by atoms with Gasteiger partial charge in [0.1, 0.15) is 16.7 Å². The summed E-state index contributed by atoms with van der Waals surface area (Å²) in [6, 6.07) is 17.7. The van der Waals surface area contributed by atoms with Crippen LogP contribution in [-0.2, 0) is 22.4 Å². The van der Waals surface area contributed by atoms with E-state index < -0.39 is 11.2 Å². The number of anilines is 1. The van der Waals surface area contributed by atoms with Crippen molar-refractivity contribution in [3.63, 3.8) is 0 Å². The highest BCUT2D eigenvalue weighted by atomic mass is 32.2. The first kappa shape index (κ1) is 22.4. The Morgan fingerprint density at radius 3 is 2.61 bits per heavy atom. The summed E-state index contributed by atoms with van der Waals surface area (Å²) in [6.07, 6.45) is 2.95. The Labute approximate surface area is 187 Å². The van der Waals surface area contributed by atoms with Gasteiger partial charge in [0, 0.05) is 12.2 Å². The number of rotatable bonds is 7. The zero-order chi connectivity index (χ0) is 22.4. The molecule has 0 bridgehead atoms. The maximum absolute atomic E-state index is 13.4. The lowest BCUT2D eigenvalue weighted by Crippen LogP contribution is -2.32. The van der Waals surface area contributed by atoms with E-state index in [1.54, 1.807) is 6.08 Å². The number of aryl methyl sites for hydroxylation is 2. The van der Waals surface area contributed by atoms with Gasteiger partial charge in [0.25, 0.3) is 5.91 Å². The van der Waals surface area contributed by atoms with Gasteiger partial charge >= 0.3 is 0 Å². The Morgan fingerprint density at radius 1 is 1.26 bits per heavy atom. The summed E-state index contributed by atoms with van der Waals surface area (Å²) in [5, 5.41) is 12.4. The maximum atomic E-state index is 13.4. The Hall–Kier alpha value is -3.30. The second-order valence-electron chi connectivity index (χ2n) is 7.28. The van der Waals surface area contributed by atoms with Crippen LogP contribution in [0.25, 0.3) is 0 Å². The molecule has 2 amide bonds. The van der Waals surface area contributed by atoms with Gasteiger partial charge in [-0.2, -0.15) is 5.26 Å². The molecule has 158 valence electrons. The number of hydrogen-bond acceptors (Lipinski definition) is 4. The molecule has 6 heteroatoms. The summed E-state index contributed by atoms with van der Waals surface area (Å²) in [5.41, 5.74) is 3.90. The van der Waals surface area contributed by atoms with Gasteiger partial charge in [-0.25, -0.2) is 0 Å². The molecular formula is C25H25N3O2S. The molecule has 0 aromatic heterocycles. The number of nitrogens with one attached hydrogen (secondary N) is 1. The smallest absolute Gasteiger partial charge is 0.264 e. The minimum absolute atomic E-state index is 0.0634. The third kappa shape index (κ3) is 5.07. The zero-order valence-electron chi connectivity index (χ0n) is 17.7. The zero-order valence-corrected chi connectivity index (χ0v) is 18.5. The van der Waals surface area contributed by atoms with Gasteiger partial charge in [0.05, 0.1) is 5.25 Å². The number of carbonyl (C=O) groups excluding carboxylic acids is 2. The molecule has 1 saturated heterocycles. The van der Waals surface area contributed by atoms with Crippen molar-refractivity contribution in [3.8, 4) is 6.07 Å². The molecule has 2 aromatic carbocycles. The first-order valence-electron chi connectivity index (χ1n) is 10.2. The minimum Gasteiger partial charge on any atom is -0.348 e. The van der Waals surface area contributed by atoms with E-state index >= 15 is 0 Å². The van der Waals surface area contributed by atoms with Crippen LogP contribution in [-0.4, -0.2) is 23.6 Å². The Morgan fingerprint density at radius 2 is 2.00 bits per heavy atom. The topological polar surface area (TPSA) is 73.2 Å². The second-order valence-corrected chi connectivity index (χ2v) is 8.48. The minimum atomic E-state index is -0.510. The molecule has 5 nitrogen and oxygen atoms in total. The summed E-state index contributed by atoms with van der Waals surface area (Å²) in [7, 11) is 0. The summed E-state index contributed by atoms with van der Waals surface area (Å²) >= 11 is 1.27. The fraction of sp³-hybridized carbons (Fsp3) is 0.240. The predicted octanol–water partition coefficient (Wildman–Crippen LogP) is 4.29. The van der Waals surface area contributed by atoms with Crippen LogP contribution in [0, 0.1) is 18.3 Å². The van der Waals surface area contributed by atoms with Gasteiger partial charge in [0.15, 0.2) is 0 Å². The average molecular weight is 432 g/mol. The van der Waals surface area contributed by atoms with E-state index in [1.807, 2.05) is 55.5 Å². The fourth-order valence-corrected chi connectivity index (χ4v) is 4.72. The SMILES string of the molecule is C=CCNC(=O)/C(C#N)=C1\SC(Cc2cccc(C)c2)C(=O)N1c1ccc(CC)cc1. The Balaban J connectivity index is 2.02. The van der Waals surface area contributed by atoms with E-state index in [0.29, 0.717) is 17.1 Å². The van der Waals surface area contributed by atoms with Crippen LogP contribution in [0.4, 0.5) is 5.69 Å². The number of carbonyl (C=O) groups is 2. The molecule has 1 heterocycles. The van der Waals surface area contributed by atoms with Crippen molar-refractivity contribution in [1.82, 2.24) is 5.32 Å². The summed E-state index contributed by atoms with van der Waals surface area (Å²) in [6.45, 7) is 7.91. The average Bonchev–Trinajstić information content (AvgIpc) is 3.08. The second kappa shape index (κ2) is 10.1. The molecule has 3 rings (SSSR count). The van der Waals surface area contributed by atoms with E-state index in [9.17, 15) is 14.9 Å². The molecule has 0 radical (unpaired) electrons. The standard InChI is InChI=1S/C25H25N3O2S/c1-4-13-27-23(29)21(16-26)25-28(20-11-9-18(5-2)10-12-20)24(30)22(31-25)15-19-8-6-7-17(3)14-19/h4,6-12,14,22H,1,5,13,15H2,2-3H3,(H,27,29)/b25-21-. The first-order chi connectivity index (χ1) is 15.0. The van der Waals surface area contributed by atoms with Gasteiger partial charge in [-0.3, -0.25) is 14.5 Å². The van der Waals surface area contributed by atoms with E-state index in [0.717, 1.165) is 23.1 Å². The Bertz CT molecular complexity index is 1070. The maximum Gasteiger partial charge on any atom is 0.264 e. The molecular weight excluding hydrogens is 406 g/mol. The molecule has 0 spiro atoms. The number of thioether (sulfide) groups is 1. The largest absolute Gasteiger partial charge is 0.348 e. The molecule has 31 heavy (non-hydrogen) atoms. The monoisotopic (exact) mass is 431 g/mol. The molecule has 2 aromatic rings. The van der Waals surface area contributed by atoms with Crippen LogP contribution in [0.3, 0.4) is 0 Å². The van der Waals surface area contributed by atoms with Gasteiger partial charge in [-0.15, -0.1) is 6.58 Å². The lowest BCUT2D eigenvalue weighted by Gasteiger charge is -2.19. The van der Waals surface area contributed by atoms with Crippen LogP contribution in [0.15, 0.2) is 71.8 Å². The van der Waals surface area contributed by atoms with Crippen LogP contribution in [0.5, 0.6) is 0 Å². The first-order valence-corrected chi connectivity index (χ1v) is 11.0. The summed E-state index contributed by atoms with van der Waals surface area (Å²) < 4.78 is 0. The van der Waals surface area contributed by atoms with Crippen molar-refractivity contribution in [3.05, 3.63) is 88.5 Å². The number of nitriles is 1. The Kier molecular flexibility index (Phi) is 7.32. The molecule has 0 saturated carbocycles. The molecule has 1 N–H and O–H groups in total. The van der Waals surface area contributed by atoms with E-state index in [4.69, 9.17) is 0 Å². The van der Waals surface area contributed by atoms with Crippen LogP contribution >= 0.6 is 11.8 Å². The fourth-order valence-electron chi connectivity index (χ4n) is 3.41. The summed E-state index contributed by atoms with van der Waals surface area (Å²) in [4.78, 5) is 27.6. The van der Waals surface area contributed by atoms with Crippen molar-refractivity contribution in [2.45, 2.75) is 31.9 Å². The molecule has 1 fully saturated rings. The van der Waals surface area contributed by atoms with Crippen molar-refractivity contribution in [2.24, 2.45) is 0 Å². The van der Waals surface area contributed by atoms with Gasteiger partial charge < -0.3 is 5.32 Å². The van der Waals surface area contributed by atoms with Crippen LogP contribution in [0.2, 0.25) is 0 Å². The van der Waals surface area contributed by atoms with Crippen molar-refractivity contribution < 1.29 is 9.59 Å². The normalized spacial score (nSPS) is 17.3. The lowest BCUT2D eigenvalue weighted by molar-refractivity contribution is -0.117. The molecule has 1 unspecified atom stereocenters. The van der Waals surface area contributed by atoms with E-state index in [-0.39, 0.29) is 18.0 Å². The quantitative estimate of drug-likeness (QED) is 0.403. The third-order valence-electron chi connectivity index (χ3n) is 5.02. The van der Waals surface area contributed by atoms with Crippen LogP contribution < -0.4 is 10.2 Å². The van der Waals surface area contributed by atoms with Gasteiger partial charge in [-0.1, -0.05) is 66.7 Å². The molecule has 1 atom stereocenters. The number of benzene rings is 2. The highest BCUT2D eigenvalue weighted by molar-refractivity contribution is 8.05. The van der Waals surface area contributed by atoms with Crippen LogP contribution in [0.1, 0.15) is 23.6 Å². The van der Waals surface area contributed by atoms with Crippen molar-refractivity contribution >= 4 is 29.3 Å². The molecule has 1 aliphatic rings.